The molecule has 0 saturated heterocycles. The quantitative estimate of drug-likeness (QED) is 0.944. The molecule has 0 amide bonds. The highest BCUT2D eigenvalue weighted by Crippen LogP contribution is 2.38. The van der Waals surface area contributed by atoms with Crippen molar-refractivity contribution in [2.75, 3.05) is 6.61 Å². The zero-order valence-corrected chi connectivity index (χ0v) is 12.5. The van der Waals surface area contributed by atoms with E-state index in [1.165, 1.54) is 17.1 Å². The topological polar surface area (TPSA) is 55.2 Å². The predicted octanol–water partition coefficient (Wildman–Crippen LogP) is 3.07. The SMILES string of the molecule is CC(C)c1nnsc1C(O)c1cccc2c1OCCC2. The van der Waals surface area contributed by atoms with Crippen molar-refractivity contribution < 1.29 is 9.84 Å². The summed E-state index contributed by atoms with van der Waals surface area (Å²) in [5.41, 5.74) is 2.88. The second-order valence-electron chi connectivity index (χ2n) is 5.37. The van der Waals surface area contributed by atoms with Gasteiger partial charge < -0.3 is 9.84 Å². The van der Waals surface area contributed by atoms with Crippen LogP contribution in [0.5, 0.6) is 5.75 Å². The van der Waals surface area contributed by atoms with E-state index in [0.29, 0.717) is 6.61 Å². The number of para-hydroxylation sites is 1. The van der Waals surface area contributed by atoms with Crippen molar-refractivity contribution in [3.8, 4) is 5.75 Å². The molecule has 0 radical (unpaired) electrons. The smallest absolute Gasteiger partial charge is 0.128 e. The van der Waals surface area contributed by atoms with Crippen LogP contribution >= 0.6 is 11.5 Å². The van der Waals surface area contributed by atoms with E-state index in [0.717, 1.165) is 34.7 Å². The molecule has 1 unspecified atom stereocenters. The Morgan fingerprint density at radius 2 is 2.20 bits per heavy atom. The number of nitrogens with zero attached hydrogens (tertiary/aromatic N) is 2. The first-order chi connectivity index (χ1) is 9.68. The molecule has 2 heterocycles. The van der Waals surface area contributed by atoms with Gasteiger partial charge in [0.2, 0.25) is 0 Å². The van der Waals surface area contributed by atoms with Crippen LogP contribution in [0.2, 0.25) is 0 Å². The van der Waals surface area contributed by atoms with Crippen molar-refractivity contribution in [1.82, 2.24) is 9.59 Å². The molecule has 1 aliphatic rings. The van der Waals surface area contributed by atoms with Crippen molar-refractivity contribution in [3.63, 3.8) is 0 Å². The number of fused-ring (bicyclic) bond motifs is 1. The Balaban J connectivity index is 2.02. The molecule has 0 saturated carbocycles. The number of rotatable bonds is 3. The Morgan fingerprint density at radius 1 is 1.35 bits per heavy atom. The average Bonchev–Trinajstić information content (AvgIpc) is 2.95. The van der Waals surface area contributed by atoms with E-state index >= 15 is 0 Å². The van der Waals surface area contributed by atoms with Crippen LogP contribution in [0.25, 0.3) is 0 Å². The van der Waals surface area contributed by atoms with Crippen LogP contribution in [0.15, 0.2) is 18.2 Å². The molecule has 106 valence electrons. The molecule has 0 aliphatic carbocycles. The third-order valence-electron chi connectivity index (χ3n) is 3.59. The fourth-order valence-corrected chi connectivity index (χ4v) is 3.38. The lowest BCUT2D eigenvalue weighted by Gasteiger charge is -2.22. The van der Waals surface area contributed by atoms with E-state index < -0.39 is 6.10 Å². The molecule has 3 rings (SSSR count). The average molecular weight is 290 g/mol. The number of benzene rings is 1. The van der Waals surface area contributed by atoms with Crippen molar-refractivity contribution in [2.24, 2.45) is 0 Å². The van der Waals surface area contributed by atoms with Gasteiger partial charge >= 0.3 is 0 Å². The fraction of sp³-hybridized carbons (Fsp3) is 0.467. The lowest BCUT2D eigenvalue weighted by atomic mass is 9.97. The summed E-state index contributed by atoms with van der Waals surface area (Å²) >= 11 is 1.26. The third kappa shape index (κ3) is 2.31. The van der Waals surface area contributed by atoms with Crippen LogP contribution in [0, 0.1) is 0 Å². The highest BCUT2D eigenvalue weighted by atomic mass is 32.1. The maximum absolute atomic E-state index is 10.7. The summed E-state index contributed by atoms with van der Waals surface area (Å²) in [6.07, 6.45) is 1.33. The van der Waals surface area contributed by atoms with Gasteiger partial charge in [-0.1, -0.05) is 36.5 Å². The van der Waals surface area contributed by atoms with Crippen LogP contribution < -0.4 is 4.74 Å². The first kappa shape index (κ1) is 13.5. The number of aliphatic hydroxyl groups is 1. The number of aryl methyl sites for hydroxylation is 1. The van der Waals surface area contributed by atoms with Crippen LogP contribution in [0.4, 0.5) is 0 Å². The number of hydrogen-bond acceptors (Lipinski definition) is 5. The second kappa shape index (κ2) is 5.50. The van der Waals surface area contributed by atoms with Gasteiger partial charge in [0.25, 0.3) is 0 Å². The first-order valence-electron chi connectivity index (χ1n) is 6.93. The minimum atomic E-state index is -0.708. The Kier molecular flexibility index (Phi) is 3.72. The molecule has 1 atom stereocenters. The van der Waals surface area contributed by atoms with Gasteiger partial charge in [-0.2, -0.15) is 0 Å². The zero-order chi connectivity index (χ0) is 14.1. The monoisotopic (exact) mass is 290 g/mol. The van der Waals surface area contributed by atoms with Gasteiger partial charge in [-0.25, -0.2) is 0 Å². The van der Waals surface area contributed by atoms with Crippen molar-refractivity contribution in [2.45, 2.75) is 38.7 Å². The van der Waals surface area contributed by atoms with Gasteiger partial charge in [-0.15, -0.1) is 5.10 Å². The summed E-state index contributed by atoms with van der Waals surface area (Å²) in [5, 5.41) is 14.9. The van der Waals surface area contributed by atoms with Crippen molar-refractivity contribution >= 4 is 11.5 Å². The Labute approximate surface area is 122 Å². The summed E-state index contributed by atoms with van der Waals surface area (Å²) in [6.45, 7) is 4.84. The summed E-state index contributed by atoms with van der Waals surface area (Å²) < 4.78 is 9.77. The van der Waals surface area contributed by atoms with E-state index in [9.17, 15) is 5.11 Å². The molecule has 5 heteroatoms. The molecule has 0 bridgehead atoms. The van der Waals surface area contributed by atoms with Gasteiger partial charge in [-0.05, 0) is 35.9 Å². The van der Waals surface area contributed by atoms with Crippen LogP contribution in [0.1, 0.15) is 54.0 Å². The summed E-state index contributed by atoms with van der Waals surface area (Å²) in [7, 11) is 0. The molecular weight excluding hydrogens is 272 g/mol. The van der Waals surface area contributed by atoms with Crippen LogP contribution in [0.3, 0.4) is 0 Å². The molecule has 20 heavy (non-hydrogen) atoms. The zero-order valence-electron chi connectivity index (χ0n) is 11.7. The van der Waals surface area contributed by atoms with Gasteiger partial charge in [0.15, 0.2) is 0 Å². The summed E-state index contributed by atoms with van der Waals surface area (Å²) in [4.78, 5) is 0.822. The number of hydrogen-bond donors (Lipinski definition) is 1. The van der Waals surface area contributed by atoms with Crippen molar-refractivity contribution in [3.05, 3.63) is 39.9 Å². The molecule has 2 aromatic rings. The molecule has 1 aromatic heterocycles. The van der Waals surface area contributed by atoms with E-state index in [4.69, 9.17) is 4.74 Å². The largest absolute Gasteiger partial charge is 0.493 e. The normalized spacial score (nSPS) is 15.8. The van der Waals surface area contributed by atoms with E-state index in [2.05, 4.69) is 29.5 Å². The summed E-state index contributed by atoms with van der Waals surface area (Å²) in [5.74, 6) is 1.09. The molecule has 1 aromatic carbocycles. The van der Waals surface area contributed by atoms with E-state index in [1.54, 1.807) is 0 Å². The highest BCUT2D eigenvalue weighted by molar-refractivity contribution is 7.05. The molecule has 0 spiro atoms. The molecular formula is C15H18N2O2S. The lowest BCUT2D eigenvalue weighted by Crippen LogP contribution is -2.13. The Morgan fingerprint density at radius 3 is 3.00 bits per heavy atom. The third-order valence-corrected chi connectivity index (χ3v) is 4.39. The van der Waals surface area contributed by atoms with E-state index in [-0.39, 0.29) is 5.92 Å². The maximum atomic E-state index is 10.7. The maximum Gasteiger partial charge on any atom is 0.128 e. The number of aromatic nitrogens is 2. The Bertz CT molecular complexity index is 610. The molecule has 4 nitrogen and oxygen atoms in total. The predicted molar refractivity (Wildman–Crippen MR) is 78.3 cm³/mol. The Hall–Kier alpha value is -1.46. The molecule has 1 N–H and O–H groups in total. The van der Waals surface area contributed by atoms with Gasteiger partial charge in [0.05, 0.1) is 17.2 Å². The van der Waals surface area contributed by atoms with Gasteiger partial charge in [0.1, 0.15) is 11.9 Å². The molecule has 1 aliphatic heterocycles. The fourth-order valence-electron chi connectivity index (χ4n) is 2.57. The van der Waals surface area contributed by atoms with Crippen LogP contribution in [-0.2, 0) is 6.42 Å². The second-order valence-corrected chi connectivity index (χ2v) is 6.15. The highest BCUT2D eigenvalue weighted by Gasteiger charge is 2.25. The lowest BCUT2D eigenvalue weighted by molar-refractivity contribution is 0.208. The van der Waals surface area contributed by atoms with Crippen LogP contribution in [-0.4, -0.2) is 21.3 Å². The minimum absolute atomic E-state index is 0.249. The van der Waals surface area contributed by atoms with Gasteiger partial charge in [0, 0.05) is 5.56 Å². The number of aliphatic hydroxyl groups excluding tert-OH is 1. The minimum Gasteiger partial charge on any atom is -0.493 e. The van der Waals surface area contributed by atoms with E-state index in [1.807, 2.05) is 12.1 Å². The van der Waals surface area contributed by atoms with Gasteiger partial charge in [-0.3, -0.25) is 0 Å². The number of ether oxygens (including phenoxy) is 1. The summed E-state index contributed by atoms with van der Waals surface area (Å²) in [6, 6.07) is 5.98. The van der Waals surface area contributed by atoms with Crippen molar-refractivity contribution in [1.29, 1.82) is 0 Å². The first-order valence-corrected chi connectivity index (χ1v) is 7.70. The standard InChI is InChI=1S/C15H18N2O2S/c1-9(2)12-15(20-17-16-12)13(18)11-7-3-5-10-6-4-8-19-14(10)11/h3,5,7,9,13,18H,4,6,8H2,1-2H3. The molecule has 0 fully saturated rings.